The molecule has 0 amide bonds. The fourth-order valence-electron chi connectivity index (χ4n) is 8.69. The molecule has 0 spiro atoms. The van der Waals surface area contributed by atoms with Crippen molar-refractivity contribution < 1.29 is 9.53 Å². The number of para-hydroxylation sites is 1. The Morgan fingerprint density at radius 3 is 2.73 bits per heavy atom. The van der Waals surface area contributed by atoms with E-state index >= 15 is 0 Å². The zero-order valence-corrected chi connectivity index (χ0v) is 18.7. The van der Waals surface area contributed by atoms with Crippen LogP contribution in [0.5, 0.6) is 0 Å². The molecule has 30 heavy (non-hydrogen) atoms. The van der Waals surface area contributed by atoms with Crippen molar-refractivity contribution in [2.24, 2.45) is 29.1 Å². The number of esters is 1. The zero-order chi connectivity index (χ0) is 20.7. The van der Waals surface area contributed by atoms with Gasteiger partial charge in [0.1, 0.15) is 6.10 Å². The number of carbonyl (C=O) groups excluding carboxylic acids is 1. The van der Waals surface area contributed by atoms with Crippen molar-refractivity contribution in [3.63, 3.8) is 0 Å². The minimum atomic E-state index is -0.106. The molecule has 0 unspecified atom stereocenters. The van der Waals surface area contributed by atoms with Gasteiger partial charge >= 0.3 is 5.97 Å². The van der Waals surface area contributed by atoms with Crippen LogP contribution in [0.25, 0.3) is 10.9 Å². The number of hydrogen-bond donors (Lipinski definition) is 1. The van der Waals surface area contributed by atoms with Crippen molar-refractivity contribution in [2.45, 2.75) is 83.7 Å². The van der Waals surface area contributed by atoms with Crippen LogP contribution in [0.1, 0.15) is 77.0 Å². The number of hydrogen-bond acceptors (Lipinski definition) is 2. The highest BCUT2D eigenvalue weighted by atomic mass is 16.5. The molecule has 4 aliphatic carbocycles. The monoisotopic (exact) mass is 405 g/mol. The van der Waals surface area contributed by atoms with Gasteiger partial charge in [-0.3, -0.25) is 4.79 Å². The van der Waals surface area contributed by atoms with E-state index in [9.17, 15) is 4.79 Å². The van der Waals surface area contributed by atoms with Gasteiger partial charge in [-0.25, -0.2) is 0 Å². The Bertz CT molecular complexity index is 1010. The van der Waals surface area contributed by atoms with E-state index in [4.69, 9.17) is 4.74 Å². The van der Waals surface area contributed by atoms with Crippen LogP contribution >= 0.6 is 0 Å². The van der Waals surface area contributed by atoms with Crippen molar-refractivity contribution >= 4 is 16.9 Å². The molecular formula is C27H35NO2. The molecule has 1 aromatic carbocycles. The molecule has 3 heteroatoms. The topological polar surface area (TPSA) is 42.1 Å². The number of carbonyl (C=O) groups is 1. The lowest BCUT2D eigenvalue weighted by atomic mass is 9.45. The second-order valence-corrected chi connectivity index (χ2v) is 11.3. The minimum Gasteiger partial charge on any atom is -0.463 e. The van der Waals surface area contributed by atoms with E-state index in [-0.39, 0.29) is 12.1 Å². The van der Waals surface area contributed by atoms with Gasteiger partial charge in [-0.15, -0.1) is 0 Å². The maximum absolute atomic E-state index is 11.5. The molecule has 1 N–H and O–H groups in total. The Morgan fingerprint density at radius 2 is 1.90 bits per heavy atom. The summed E-state index contributed by atoms with van der Waals surface area (Å²) >= 11 is 0. The van der Waals surface area contributed by atoms with Crippen molar-refractivity contribution in [1.82, 2.24) is 4.98 Å². The molecule has 3 nitrogen and oxygen atoms in total. The molecule has 2 aromatic rings. The number of ether oxygens (including phenoxy) is 1. The summed E-state index contributed by atoms with van der Waals surface area (Å²) in [5, 5.41) is 1.46. The Kier molecular flexibility index (Phi) is 4.03. The van der Waals surface area contributed by atoms with Gasteiger partial charge in [-0.05, 0) is 92.1 Å². The van der Waals surface area contributed by atoms with E-state index in [2.05, 4.69) is 43.1 Å². The summed E-state index contributed by atoms with van der Waals surface area (Å²) in [6, 6.07) is 8.90. The van der Waals surface area contributed by atoms with Crippen LogP contribution in [-0.4, -0.2) is 17.1 Å². The van der Waals surface area contributed by atoms with Crippen LogP contribution in [0.2, 0.25) is 0 Å². The molecular weight excluding hydrogens is 370 g/mol. The fourth-order valence-corrected chi connectivity index (χ4v) is 8.69. The van der Waals surface area contributed by atoms with E-state index in [1.54, 1.807) is 18.2 Å². The third kappa shape index (κ3) is 2.47. The molecule has 1 heterocycles. The van der Waals surface area contributed by atoms with Crippen molar-refractivity contribution in [2.75, 3.05) is 0 Å². The normalized spacial score (nSPS) is 42.2. The largest absolute Gasteiger partial charge is 0.463 e. The van der Waals surface area contributed by atoms with E-state index in [1.165, 1.54) is 49.4 Å². The number of benzene rings is 1. The van der Waals surface area contributed by atoms with Crippen molar-refractivity contribution in [1.29, 1.82) is 0 Å². The molecule has 0 bridgehead atoms. The molecule has 3 fully saturated rings. The number of H-pyrrole nitrogens is 1. The van der Waals surface area contributed by atoms with Crippen LogP contribution in [-0.2, 0) is 21.4 Å². The van der Waals surface area contributed by atoms with Crippen LogP contribution in [0.4, 0.5) is 0 Å². The molecule has 0 saturated heterocycles. The Balaban J connectivity index is 1.30. The number of nitrogens with one attached hydrogen (secondary N) is 1. The molecule has 3 saturated carbocycles. The number of fused-ring (bicyclic) bond motifs is 9. The Labute approximate surface area is 180 Å². The summed E-state index contributed by atoms with van der Waals surface area (Å²) < 4.78 is 5.64. The van der Waals surface area contributed by atoms with Gasteiger partial charge in [-0.2, -0.15) is 0 Å². The highest BCUT2D eigenvalue weighted by Crippen LogP contribution is 2.66. The molecule has 0 aliphatic heterocycles. The summed E-state index contributed by atoms with van der Waals surface area (Å²) in [6.45, 7) is 6.71. The average Bonchev–Trinajstić information content (AvgIpc) is 3.22. The van der Waals surface area contributed by atoms with Gasteiger partial charge in [-0.1, -0.05) is 32.0 Å². The van der Waals surface area contributed by atoms with Crippen LogP contribution in [0.15, 0.2) is 24.3 Å². The summed E-state index contributed by atoms with van der Waals surface area (Å²) in [4.78, 5) is 15.3. The van der Waals surface area contributed by atoms with Gasteiger partial charge in [0.15, 0.2) is 0 Å². The minimum absolute atomic E-state index is 0.106. The molecule has 7 atom stereocenters. The summed E-state index contributed by atoms with van der Waals surface area (Å²) in [6.07, 6.45) is 10.1. The van der Waals surface area contributed by atoms with Crippen molar-refractivity contribution in [3.05, 3.63) is 35.5 Å². The lowest BCUT2D eigenvalue weighted by Gasteiger charge is -2.60. The summed E-state index contributed by atoms with van der Waals surface area (Å²) in [5.41, 5.74) is 5.23. The maximum Gasteiger partial charge on any atom is 0.302 e. The second kappa shape index (κ2) is 6.37. The zero-order valence-electron chi connectivity index (χ0n) is 18.7. The Hall–Kier alpha value is -1.77. The lowest BCUT2D eigenvalue weighted by molar-refractivity contribution is -0.157. The molecule has 0 radical (unpaired) electrons. The van der Waals surface area contributed by atoms with Gasteiger partial charge in [0.2, 0.25) is 0 Å². The Morgan fingerprint density at radius 1 is 1.07 bits per heavy atom. The molecule has 1 aromatic heterocycles. The first-order valence-electron chi connectivity index (χ1n) is 12.2. The van der Waals surface area contributed by atoms with E-state index in [0.717, 1.165) is 36.5 Å². The molecule has 160 valence electrons. The first-order chi connectivity index (χ1) is 14.4. The summed E-state index contributed by atoms with van der Waals surface area (Å²) in [7, 11) is 0. The van der Waals surface area contributed by atoms with E-state index in [1.807, 2.05) is 0 Å². The first-order valence-corrected chi connectivity index (χ1v) is 12.2. The molecule has 4 aliphatic rings. The van der Waals surface area contributed by atoms with Crippen LogP contribution < -0.4 is 0 Å². The quantitative estimate of drug-likeness (QED) is 0.578. The van der Waals surface area contributed by atoms with Gasteiger partial charge in [0.25, 0.3) is 0 Å². The number of rotatable bonds is 1. The lowest BCUT2D eigenvalue weighted by Crippen LogP contribution is -2.54. The van der Waals surface area contributed by atoms with Gasteiger partial charge < -0.3 is 9.72 Å². The maximum atomic E-state index is 11.5. The fraction of sp³-hybridized carbons (Fsp3) is 0.667. The molecule has 6 rings (SSSR count). The predicted molar refractivity (Wildman–Crippen MR) is 119 cm³/mol. The first kappa shape index (κ1) is 19.0. The van der Waals surface area contributed by atoms with Crippen LogP contribution in [0.3, 0.4) is 0 Å². The van der Waals surface area contributed by atoms with Crippen LogP contribution in [0, 0.1) is 29.1 Å². The predicted octanol–water partition coefficient (Wildman–Crippen LogP) is 6.16. The number of aromatic amines is 1. The highest BCUT2D eigenvalue weighted by molar-refractivity contribution is 5.86. The van der Waals surface area contributed by atoms with Gasteiger partial charge in [0, 0.05) is 28.9 Å². The SMILES string of the molecule is CC(=O)O[C@H]1CC[C@@]2(C)[C@@H](CC[C@@H]3[C@@H]2CC[C@]2(C)c4[nH]c5ccccc5c4C[C@@H]32)C1. The second-order valence-electron chi connectivity index (χ2n) is 11.3. The van der Waals surface area contributed by atoms with Gasteiger partial charge in [0.05, 0.1) is 0 Å². The highest BCUT2D eigenvalue weighted by Gasteiger charge is 2.60. The third-order valence-corrected chi connectivity index (χ3v) is 10.1. The average molecular weight is 406 g/mol. The number of aromatic nitrogens is 1. The van der Waals surface area contributed by atoms with Crippen molar-refractivity contribution in [3.8, 4) is 0 Å². The van der Waals surface area contributed by atoms with E-state index in [0.29, 0.717) is 10.8 Å². The standard InChI is InChI=1S/C27H35NO2/c1-16(29)30-18-10-12-26(2)17(14-18)8-9-20-22(26)11-13-27(3)23(20)15-21-19-6-4-5-7-24(19)28-25(21)27/h4-7,17-18,20,22-23,28H,8-15H2,1-3H3/t17-,18-,20+,22-,23-,26-,27-/m0/s1. The third-order valence-electron chi connectivity index (χ3n) is 10.1. The smallest absolute Gasteiger partial charge is 0.302 e. The van der Waals surface area contributed by atoms with E-state index < -0.39 is 0 Å². The summed E-state index contributed by atoms with van der Waals surface area (Å²) in [5.74, 6) is 3.08.